The molecule has 0 radical (unpaired) electrons. The average molecular weight is 447 g/mol. The van der Waals surface area contributed by atoms with Crippen LogP contribution in [0.2, 0.25) is 0 Å². The molecule has 32 heavy (non-hydrogen) atoms. The number of aryl methyl sites for hydroxylation is 2. The lowest BCUT2D eigenvalue weighted by molar-refractivity contribution is 0.211. The minimum Gasteiger partial charge on any atom is -0.490 e. The molecule has 4 aromatic rings. The van der Waals surface area contributed by atoms with Crippen LogP contribution in [0.4, 0.5) is 0 Å². The molecule has 0 amide bonds. The van der Waals surface area contributed by atoms with E-state index in [0.717, 1.165) is 40.6 Å². The predicted molar refractivity (Wildman–Crippen MR) is 129 cm³/mol. The highest BCUT2D eigenvalue weighted by atomic mass is 32.1. The lowest BCUT2D eigenvalue weighted by atomic mass is 9.97. The van der Waals surface area contributed by atoms with Crippen molar-refractivity contribution in [3.63, 3.8) is 0 Å². The van der Waals surface area contributed by atoms with Crippen molar-refractivity contribution in [3.05, 3.63) is 74.9 Å². The van der Waals surface area contributed by atoms with Crippen LogP contribution < -0.4 is 15.0 Å². The lowest BCUT2D eigenvalue weighted by Gasteiger charge is -2.18. The van der Waals surface area contributed by atoms with Crippen molar-refractivity contribution in [1.29, 1.82) is 0 Å². The van der Waals surface area contributed by atoms with Gasteiger partial charge in [0.25, 0.3) is 5.56 Å². The average Bonchev–Trinajstić information content (AvgIpc) is 3.20. The minimum atomic E-state index is -0.118. The van der Waals surface area contributed by atoms with Crippen LogP contribution in [0.1, 0.15) is 48.8 Å². The molecule has 0 aliphatic heterocycles. The van der Waals surface area contributed by atoms with E-state index < -0.39 is 0 Å². The summed E-state index contributed by atoms with van der Waals surface area (Å²) in [5.74, 6) is 1.87. The van der Waals surface area contributed by atoms with E-state index in [1.807, 2.05) is 62.4 Å². The van der Waals surface area contributed by atoms with E-state index in [0.29, 0.717) is 23.9 Å². The Balaban J connectivity index is 1.50. The molecule has 1 N–H and O–H groups in total. The van der Waals surface area contributed by atoms with E-state index in [1.54, 1.807) is 11.3 Å². The van der Waals surface area contributed by atoms with Gasteiger partial charge < -0.3 is 14.5 Å². The van der Waals surface area contributed by atoms with E-state index in [1.165, 1.54) is 16.9 Å². The fourth-order valence-electron chi connectivity index (χ4n) is 4.30. The van der Waals surface area contributed by atoms with Gasteiger partial charge in [-0.2, -0.15) is 0 Å². The first kappa shape index (κ1) is 20.8. The van der Waals surface area contributed by atoms with Crippen molar-refractivity contribution in [2.24, 2.45) is 0 Å². The summed E-state index contributed by atoms with van der Waals surface area (Å²) in [6.07, 6.45) is 4.23. The van der Waals surface area contributed by atoms with Gasteiger partial charge in [-0.05, 0) is 68.9 Å². The highest BCUT2D eigenvalue weighted by Gasteiger charge is 2.20. The van der Waals surface area contributed by atoms with Crippen LogP contribution in [0.25, 0.3) is 21.6 Å². The van der Waals surface area contributed by atoms with Crippen LogP contribution in [0.3, 0.4) is 0 Å². The third kappa shape index (κ3) is 3.91. The molecule has 2 heterocycles. The molecule has 0 spiro atoms. The Labute approximate surface area is 191 Å². The molecule has 5 nitrogen and oxygen atoms in total. The van der Waals surface area contributed by atoms with Crippen LogP contribution in [0.15, 0.2) is 53.3 Å². The number of fused-ring (bicyclic) bond motifs is 3. The van der Waals surface area contributed by atoms with Crippen molar-refractivity contribution in [2.75, 3.05) is 6.61 Å². The van der Waals surface area contributed by atoms with Gasteiger partial charge >= 0.3 is 0 Å². The van der Waals surface area contributed by atoms with Crippen molar-refractivity contribution in [3.8, 4) is 22.9 Å². The standard InChI is InChI=1S/C26H26N2O3S/c1-3-30-21-15-18(13-14-20(21)31-16(2)17-9-5-4-6-10-17)24-27-25(29)23-19-11-7-8-12-22(19)32-26(23)28-24/h4-6,9-10,13-16H,3,7-8,11-12H2,1-2H3,(H,27,28,29)/t16-/m1/s1. The second-order valence-electron chi connectivity index (χ2n) is 8.07. The number of thiophene rings is 1. The second-order valence-corrected chi connectivity index (χ2v) is 9.15. The van der Waals surface area contributed by atoms with Crippen LogP contribution >= 0.6 is 11.3 Å². The smallest absolute Gasteiger partial charge is 0.260 e. The Morgan fingerprint density at radius 3 is 2.72 bits per heavy atom. The lowest BCUT2D eigenvalue weighted by Crippen LogP contribution is -2.11. The molecule has 2 aromatic heterocycles. The summed E-state index contributed by atoms with van der Waals surface area (Å²) < 4.78 is 12.1. The number of H-pyrrole nitrogens is 1. The summed E-state index contributed by atoms with van der Waals surface area (Å²) >= 11 is 1.66. The van der Waals surface area contributed by atoms with E-state index in [4.69, 9.17) is 14.5 Å². The molecule has 5 rings (SSSR count). The Kier molecular flexibility index (Phi) is 5.70. The maximum absolute atomic E-state index is 12.9. The highest BCUT2D eigenvalue weighted by Crippen LogP contribution is 2.37. The summed E-state index contributed by atoms with van der Waals surface area (Å²) in [5, 5.41) is 0.773. The van der Waals surface area contributed by atoms with Crippen LogP contribution in [0.5, 0.6) is 11.5 Å². The topological polar surface area (TPSA) is 64.2 Å². The summed E-state index contributed by atoms with van der Waals surface area (Å²) in [4.78, 5) is 22.9. The first-order chi connectivity index (χ1) is 15.6. The molecule has 6 heteroatoms. The van der Waals surface area contributed by atoms with E-state index in [9.17, 15) is 4.79 Å². The first-order valence-electron chi connectivity index (χ1n) is 11.2. The third-order valence-corrected chi connectivity index (χ3v) is 7.10. The van der Waals surface area contributed by atoms with E-state index >= 15 is 0 Å². The molecule has 164 valence electrons. The molecular formula is C26H26N2O3S. The SMILES string of the molecule is CCOc1cc(-c2nc3sc4c(c3c(=O)[nH]2)CCCC4)ccc1O[C@H](C)c1ccccc1. The number of benzene rings is 2. The third-order valence-electron chi connectivity index (χ3n) is 5.91. The Bertz CT molecular complexity index is 1310. The van der Waals surface area contributed by atoms with Crippen molar-refractivity contribution >= 4 is 21.6 Å². The van der Waals surface area contributed by atoms with Gasteiger partial charge in [0.1, 0.15) is 16.8 Å². The highest BCUT2D eigenvalue weighted by molar-refractivity contribution is 7.18. The van der Waals surface area contributed by atoms with Crippen molar-refractivity contribution in [1.82, 2.24) is 9.97 Å². The fraction of sp³-hybridized carbons (Fsp3) is 0.308. The number of aromatic amines is 1. The molecule has 0 fully saturated rings. The normalized spacial score (nSPS) is 14.2. The van der Waals surface area contributed by atoms with Crippen molar-refractivity contribution in [2.45, 2.75) is 45.6 Å². The number of hydrogen-bond donors (Lipinski definition) is 1. The second kappa shape index (κ2) is 8.79. The van der Waals surface area contributed by atoms with E-state index in [-0.39, 0.29) is 11.7 Å². The van der Waals surface area contributed by atoms with Gasteiger partial charge in [-0.15, -0.1) is 11.3 Å². The van der Waals surface area contributed by atoms with Crippen LogP contribution in [-0.4, -0.2) is 16.6 Å². The maximum atomic E-state index is 12.9. The zero-order valence-electron chi connectivity index (χ0n) is 18.3. The minimum absolute atomic E-state index is 0.0552. The Morgan fingerprint density at radius 2 is 1.91 bits per heavy atom. The zero-order valence-corrected chi connectivity index (χ0v) is 19.1. The number of ether oxygens (including phenoxy) is 2. The monoisotopic (exact) mass is 446 g/mol. The molecule has 0 unspecified atom stereocenters. The summed E-state index contributed by atoms with van der Waals surface area (Å²) in [6, 6.07) is 15.8. The van der Waals surface area contributed by atoms with E-state index in [2.05, 4.69) is 4.98 Å². The van der Waals surface area contributed by atoms with Gasteiger partial charge in [-0.25, -0.2) is 4.98 Å². The summed E-state index contributed by atoms with van der Waals surface area (Å²) in [5.41, 5.74) is 3.04. The Hall–Kier alpha value is -3.12. The zero-order chi connectivity index (χ0) is 22.1. The first-order valence-corrected chi connectivity index (χ1v) is 12.0. The fourth-order valence-corrected chi connectivity index (χ4v) is 5.57. The molecular weight excluding hydrogens is 420 g/mol. The molecule has 1 aliphatic rings. The summed E-state index contributed by atoms with van der Waals surface area (Å²) in [6.45, 7) is 4.48. The number of aromatic nitrogens is 2. The Morgan fingerprint density at radius 1 is 1.09 bits per heavy atom. The number of nitrogens with zero attached hydrogens (tertiary/aromatic N) is 1. The quantitative estimate of drug-likeness (QED) is 0.390. The number of rotatable bonds is 6. The van der Waals surface area contributed by atoms with Gasteiger partial charge in [0.05, 0.1) is 12.0 Å². The van der Waals surface area contributed by atoms with Gasteiger partial charge in [0, 0.05) is 10.4 Å². The van der Waals surface area contributed by atoms with Crippen molar-refractivity contribution < 1.29 is 9.47 Å². The summed E-state index contributed by atoms with van der Waals surface area (Å²) in [7, 11) is 0. The molecule has 2 aromatic carbocycles. The molecule has 0 saturated heterocycles. The van der Waals surface area contributed by atoms with Gasteiger partial charge in [-0.3, -0.25) is 4.79 Å². The molecule has 0 bridgehead atoms. The molecule has 0 saturated carbocycles. The van der Waals surface area contributed by atoms with Gasteiger partial charge in [0.15, 0.2) is 11.5 Å². The van der Waals surface area contributed by atoms with Gasteiger partial charge in [-0.1, -0.05) is 30.3 Å². The molecule has 1 atom stereocenters. The van der Waals surface area contributed by atoms with Gasteiger partial charge in [0.2, 0.25) is 0 Å². The predicted octanol–water partition coefficient (Wildman–Crippen LogP) is 6.07. The van der Waals surface area contributed by atoms with Crippen LogP contribution in [0, 0.1) is 0 Å². The number of hydrogen-bond acceptors (Lipinski definition) is 5. The molecule has 1 aliphatic carbocycles. The number of nitrogens with one attached hydrogen (secondary N) is 1. The largest absolute Gasteiger partial charge is 0.490 e. The van der Waals surface area contributed by atoms with Crippen LogP contribution in [-0.2, 0) is 12.8 Å². The maximum Gasteiger partial charge on any atom is 0.260 e.